The summed E-state index contributed by atoms with van der Waals surface area (Å²) in [4.78, 5) is 26.3. The van der Waals surface area contributed by atoms with Gasteiger partial charge in [-0.25, -0.2) is 4.39 Å². The zero-order chi connectivity index (χ0) is 29.2. The smallest absolute Gasteiger partial charge is 0.234 e. The van der Waals surface area contributed by atoms with Gasteiger partial charge >= 0.3 is 0 Å². The Bertz CT molecular complexity index is 1460. The van der Waals surface area contributed by atoms with Crippen molar-refractivity contribution >= 4 is 11.9 Å². The highest BCUT2D eigenvalue weighted by atomic mass is 19.1. The molecular formula is C33H36FN3O3. The van der Waals surface area contributed by atoms with Crippen LogP contribution in [-0.2, 0) is 13.0 Å². The molecule has 2 heterocycles. The summed E-state index contributed by atoms with van der Waals surface area (Å²) >= 11 is 0. The van der Waals surface area contributed by atoms with Gasteiger partial charge in [0, 0.05) is 24.9 Å². The number of nitrogens with zero attached hydrogens (tertiary/aromatic N) is 3. The molecule has 0 atom stereocenters. The van der Waals surface area contributed by atoms with Crippen LogP contribution in [0.3, 0.4) is 0 Å². The molecule has 0 saturated carbocycles. The van der Waals surface area contributed by atoms with E-state index >= 15 is 0 Å². The van der Waals surface area contributed by atoms with Crippen LogP contribution >= 0.6 is 0 Å². The number of halogens is 1. The van der Waals surface area contributed by atoms with Gasteiger partial charge in [0.25, 0.3) is 0 Å². The minimum absolute atomic E-state index is 0.125. The number of aldehydes is 1. The van der Waals surface area contributed by atoms with E-state index in [1.54, 1.807) is 16.8 Å². The van der Waals surface area contributed by atoms with Crippen LogP contribution in [0.1, 0.15) is 47.4 Å². The van der Waals surface area contributed by atoms with Crippen LogP contribution in [0.2, 0.25) is 0 Å². The van der Waals surface area contributed by atoms with Crippen molar-refractivity contribution in [3.63, 3.8) is 0 Å². The molecule has 40 heavy (non-hydrogen) atoms. The van der Waals surface area contributed by atoms with Gasteiger partial charge in [-0.2, -0.15) is 0 Å². The van der Waals surface area contributed by atoms with Gasteiger partial charge in [0.1, 0.15) is 12.5 Å². The number of hydrogen-bond acceptors (Lipinski definition) is 5. The Balaban J connectivity index is 1.97. The van der Waals surface area contributed by atoms with Crippen molar-refractivity contribution in [2.75, 3.05) is 18.2 Å². The minimum atomic E-state index is -0.703. The third-order valence-electron chi connectivity index (χ3n) is 6.77. The van der Waals surface area contributed by atoms with E-state index in [0.29, 0.717) is 43.9 Å². The molecule has 1 aliphatic rings. The first kappa shape index (κ1) is 29.9. The molecule has 0 aliphatic carbocycles. The quantitative estimate of drug-likeness (QED) is 0.265. The van der Waals surface area contributed by atoms with Crippen molar-refractivity contribution in [3.05, 3.63) is 142 Å². The van der Waals surface area contributed by atoms with Gasteiger partial charge < -0.3 is 10.0 Å². The van der Waals surface area contributed by atoms with Crippen LogP contribution in [0.4, 0.5) is 4.39 Å². The highest BCUT2D eigenvalue weighted by molar-refractivity contribution is 5.75. The average molecular weight is 542 g/mol. The predicted octanol–water partition coefficient (Wildman–Crippen LogP) is 6.36. The highest BCUT2D eigenvalue weighted by Gasteiger charge is 2.26. The maximum atomic E-state index is 13.2. The Morgan fingerprint density at radius 3 is 2.45 bits per heavy atom. The first-order valence-electron chi connectivity index (χ1n) is 13.0. The third-order valence-corrected chi connectivity index (χ3v) is 6.77. The second-order valence-corrected chi connectivity index (χ2v) is 9.41. The first-order valence-corrected chi connectivity index (χ1v) is 13.0. The fraction of sp³-hybridized carbons (Fsp3) is 0.212. The summed E-state index contributed by atoms with van der Waals surface area (Å²) in [7, 11) is 0. The summed E-state index contributed by atoms with van der Waals surface area (Å²) in [5.41, 5.74) is 4.30. The molecule has 0 bridgehead atoms. The topological polar surface area (TPSA) is 65.8 Å². The number of benzene rings is 1. The summed E-state index contributed by atoms with van der Waals surface area (Å²) in [6, 6.07) is 8.13. The number of aromatic hydroxyl groups is 1. The standard InChI is InChI=1S/C33H36FN3O3/c1-6-9-10-28(8-3)29-15-13-27(14-16-29)20-36-23-35(18-17-26(7-2)12-11-24(4)34)25(5)19-31-33(40)32(39)30(22-38)21-37(31)36/h6-16,21-22,40H,1,4-5,17-20,23H2,2-3H3/b10-9-,12-11-,26-7+,28-8+. The first-order chi connectivity index (χ1) is 19.2. The van der Waals surface area contributed by atoms with E-state index in [0.717, 1.165) is 22.3 Å². The molecule has 0 saturated heterocycles. The summed E-state index contributed by atoms with van der Waals surface area (Å²) in [5.74, 6) is -0.978. The van der Waals surface area contributed by atoms with E-state index in [1.165, 1.54) is 12.3 Å². The third kappa shape index (κ3) is 7.26. The van der Waals surface area contributed by atoms with E-state index in [1.807, 2.05) is 67.4 Å². The highest BCUT2D eigenvalue weighted by Crippen LogP contribution is 2.25. The lowest BCUT2D eigenvalue weighted by molar-refractivity contribution is 0.112. The number of carbonyl (C=O) groups excluding carboxylic acids is 1. The molecule has 7 heteroatoms. The lowest BCUT2D eigenvalue weighted by Gasteiger charge is -2.33. The molecule has 1 aromatic heterocycles. The molecule has 1 N–H and O–H groups in total. The summed E-state index contributed by atoms with van der Waals surface area (Å²) in [5, 5.41) is 12.7. The van der Waals surface area contributed by atoms with Crippen molar-refractivity contribution in [2.24, 2.45) is 0 Å². The molecule has 1 aliphatic heterocycles. The summed E-state index contributed by atoms with van der Waals surface area (Å²) in [6.07, 6.45) is 15.3. The molecule has 0 radical (unpaired) electrons. The Labute approximate surface area is 235 Å². The van der Waals surface area contributed by atoms with Gasteiger partial charge in [0.2, 0.25) is 5.43 Å². The second-order valence-electron chi connectivity index (χ2n) is 9.41. The number of carbonyl (C=O) groups is 1. The molecule has 1 aromatic carbocycles. The largest absolute Gasteiger partial charge is 0.503 e. The fourth-order valence-corrected chi connectivity index (χ4v) is 4.50. The molecule has 6 nitrogen and oxygen atoms in total. The Morgan fingerprint density at radius 2 is 1.85 bits per heavy atom. The number of allylic oxidation sites excluding steroid dienone is 10. The number of pyridine rings is 1. The maximum absolute atomic E-state index is 13.2. The van der Waals surface area contributed by atoms with Crippen LogP contribution in [0, 0.1) is 0 Å². The SMILES string of the molecule is C=C/C=C\C(=C/C)c1ccc(CN2CN(CCC(/C=C\C(=C)F)=C/C)C(=C)Cc3c(O)c(=O)c(C=O)cn32)cc1. The second kappa shape index (κ2) is 13.9. The Morgan fingerprint density at radius 1 is 1.12 bits per heavy atom. The predicted molar refractivity (Wildman–Crippen MR) is 161 cm³/mol. The van der Waals surface area contributed by atoms with Crippen LogP contribution < -0.4 is 10.4 Å². The van der Waals surface area contributed by atoms with Crippen LogP contribution in [0.5, 0.6) is 5.75 Å². The van der Waals surface area contributed by atoms with E-state index in [4.69, 9.17) is 0 Å². The van der Waals surface area contributed by atoms with Gasteiger partial charge in [0.05, 0.1) is 17.8 Å². The van der Waals surface area contributed by atoms with E-state index < -0.39 is 17.0 Å². The normalized spacial score (nSPS) is 14.5. The van der Waals surface area contributed by atoms with Crippen LogP contribution in [0.25, 0.3) is 5.57 Å². The van der Waals surface area contributed by atoms with Crippen molar-refractivity contribution in [1.82, 2.24) is 9.58 Å². The molecule has 3 rings (SSSR count). The lowest BCUT2D eigenvalue weighted by atomic mass is 10.0. The fourth-order valence-electron chi connectivity index (χ4n) is 4.50. The van der Waals surface area contributed by atoms with Crippen molar-refractivity contribution in [2.45, 2.75) is 33.2 Å². The molecule has 0 unspecified atom stereocenters. The monoisotopic (exact) mass is 541 g/mol. The van der Waals surface area contributed by atoms with Crippen molar-refractivity contribution < 1.29 is 14.3 Å². The average Bonchev–Trinajstić information content (AvgIpc) is 3.07. The molecule has 0 amide bonds. The maximum Gasteiger partial charge on any atom is 0.234 e. The van der Waals surface area contributed by atoms with Gasteiger partial charge in [-0.1, -0.05) is 86.0 Å². The molecule has 2 aromatic rings. The van der Waals surface area contributed by atoms with E-state index in [2.05, 4.69) is 24.6 Å². The zero-order valence-electron chi connectivity index (χ0n) is 23.1. The number of aromatic nitrogens is 1. The summed E-state index contributed by atoms with van der Waals surface area (Å²) in [6.45, 7) is 16.5. The zero-order valence-corrected chi connectivity index (χ0v) is 23.1. The van der Waals surface area contributed by atoms with Gasteiger partial charge in [-0.15, -0.1) is 0 Å². The van der Waals surface area contributed by atoms with Crippen LogP contribution in [0.15, 0.2) is 115 Å². The number of fused-ring (bicyclic) bond motifs is 1. The summed E-state index contributed by atoms with van der Waals surface area (Å²) < 4.78 is 14.9. The molecule has 208 valence electrons. The minimum Gasteiger partial charge on any atom is -0.503 e. The van der Waals surface area contributed by atoms with Crippen LogP contribution in [-0.4, -0.2) is 34.2 Å². The molecule has 0 fully saturated rings. The number of rotatable bonds is 11. The number of hydrogen-bond donors (Lipinski definition) is 1. The Kier molecular flexibility index (Phi) is 10.4. The lowest BCUT2D eigenvalue weighted by Crippen LogP contribution is -2.42. The van der Waals surface area contributed by atoms with Gasteiger partial charge in [-0.05, 0) is 43.0 Å². The van der Waals surface area contributed by atoms with Gasteiger partial charge in [0.15, 0.2) is 12.0 Å². The molecule has 0 spiro atoms. The van der Waals surface area contributed by atoms with Gasteiger partial charge in [-0.3, -0.25) is 19.3 Å². The van der Waals surface area contributed by atoms with Crippen molar-refractivity contribution in [3.8, 4) is 5.75 Å². The van der Waals surface area contributed by atoms with E-state index in [-0.39, 0.29) is 12.0 Å². The molecular weight excluding hydrogens is 505 g/mol. The van der Waals surface area contributed by atoms with Crippen molar-refractivity contribution in [1.29, 1.82) is 0 Å². The van der Waals surface area contributed by atoms with E-state index in [9.17, 15) is 19.1 Å². The Hall–Kier alpha value is -4.65.